The number of anilines is 1. The molecular formula is C16H19ClFN3. The van der Waals surface area contributed by atoms with Crippen molar-refractivity contribution in [3.63, 3.8) is 0 Å². The molecular weight excluding hydrogens is 289 g/mol. The van der Waals surface area contributed by atoms with Gasteiger partial charge in [0.05, 0.1) is 23.5 Å². The summed E-state index contributed by atoms with van der Waals surface area (Å²) in [7, 11) is 1.95. The van der Waals surface area contributed by atoms with E-state index in [4.69, 9.17) is 11.6 Å². The van der Waals surface area contributed by atoms with Crippen LogP contribution in [-0.2, 0) is 12.4 Å². The number of nitrogens with zero attached hydrogens (tertiary/aromatic N) is 3. The van der Waals surface area contributed by atoms with Crippen LogP contribution < -0.4 is 4.90 Å². The Labute approximate surface area is 129 Å². The Morgan fingerprint density at radius 2 is 1.90 bits per heavy atom. The zero-order chi connectivity index (χ0) is 15.4. The Morgan fingerprint density at radius 3 is 2.48 bits per heavy atom. The number of halogens is 2. The van der Waals surface area contributed by atoms with Crippen molar-refractivity contribution >= 4 is 17.3 Å². The largest absolute Gasteiger partial charge is 0.368 e. The van der Waals surface area contributed by atoms with Crippen molar-refractivity contribution < 1.29 is 4.39 Å². The second-order valence-corrected chi connectivity index (χ2v) is 5.60. The van der Waals surface area contributed by atoms with Crippen LogP contribution in [0.15, 0.2) is 30.5 Å². The molecule has 112 valence electrons. The minimum absolute atomic E-state index is 0.229. The van der Waals surface area contributed by atoms with Gasteiger partial charge in [0.1, 0.15) is 11.6 Å². The van der Waals surface area contributed by atoms with Gasteiger partial charge in [0.2, 0.25) is 0 Å². The normalized spacial score (nSPS) is 11.0. The molecule has 0 aliphatic heterocycles. The standard InChI is InChI=1S/C16H19ClFN3/c1-11(2)16-19-9-15(14(8-17)20-16)21(3)10-12-4-6-13(18)7-5-12/h4-7,9,11H,8,10H2,1-3H3. The average molecular weight is 308 g/mol. The van der Waals surface area contributed by atoms with E-state index in [1.165, 1.54) is 12.1 Å². The molecule has 2 rings (SSSR count). The number of hydrogen-bond donors (Lipinski definition) is 0. The smallest absolute Gasteiger partial charge is 0.131 e. The van der Waals surface area contributed by atoms with E-state index in [0.717, 1.165) is 22.8 Å². The highest BCUT2D eigenvalue weighted by Crippen LogP contribution is 2.22. The second kappa shape index (κ2) is 6.85. The zero-order valence-electron chi connectivity index (χ0n) is 12.5. The monoisotopic (exact) mass is 307 g/mol. The molecule has 3 nitrogen and oxygen atoms in total. The van der Waals surface area contributed by atoms with Crippen LogP contribution in [0.3, 0.4) is 0 Å². The topological polar surface area (TPSA) is 29.0 Å². The molecule has 0 saturated heterocycles. The van der Waals surface area contributed by atoms with Crippen molar-refractivity contribution in [3.05, 3.63) is 53.4 Å². The van der Waals surface area contributed by atoms with Gasteiger partial charge in [-0.2, -0.15) is 0 Å². The lowest BCUT2D eigenvalue weighted by atomic mass is 10.2. The third-order valence-electron chi connectivity index (χ3n) is 3.25. The van der Waals surface area contributed by atoms with Crippen LogP contribution in [0, 0.1) is 5.82 Å². The molecule has 1 aromatic carbocycles. The van der Waals surface area contributed by atoms with E-state index in [-0.39, 0.29) is 11.7 Å². The molecule has 1 heterocycles. The van der Waals surface area contributed by atoms with Gasteiger partial charge < -0.3 is 4.90 Å². The molecule has 0 amide bonds. The van der Waals surface area contributed by atoms with Crippen molar-refractivity contribution in [2.24, 2.45) is 0 Å². The van der Waals surface area contributed by atoms with Gasteiger partial charge in [-0.1, -0.05) is 26.0 Å². The summed E-state index contributed by atoms with van der Waals surface area (Å²) >= 11 is 6.01. The lowest BCUT2D eigenvalue weighted by Gasteiger charge is -2.21. The van der Waals surface area contributed by atoms with Crippen LogP contribution in [0.1, 0.15) is 36.8 Å². The summed E-state index contributed by atoms with van der Waals surface area (Å²) in [6.45, 7) is 4.75. The first-order valence-electron chi connectivity index (χ1n) is 6.88. The SMILES string of the molecule is CC(C)c1ncc(N(C)Cc2ccc(F)cc2)c(CCl)n1. The molecule has 0 unspecified atom stereocenters. The number of aromatic nitrogens is 2. The highest BCUT2D eigenvalue weighted by atomic mass is 35.5. The Morgan fingerprint density at radius 1 is 1.24 bits per heavy atom. The average Bonchev–Trinajstić information content (AvgIpc) is 2.48. The van der Waals surface area contributed by atoms with E-state index in [2.05, 4.69) is 23.8 Å². The summed E-state index contributed by atoms with van der Waals surface area (Å²) < 4.78 is 12.9. The van der Waals surface area contributed by atoms with Crippen molar-refractivity contribution in [2.75, 3.05) is 11.9 Å². The van der Waals surface area contributed by atoms with Gasteiger partial charge in [0.15, 0.2) is 0 Å². The predicted molar refractivity (Wildman–Crippen MR) is 84.2 cm³/mol. The maximum atomic E-state index is 12.9. The highest BCUT2D eigenvalue weighted by molar-refractivity contribution is 6.17. The third-order valence-corrected chi connectivity index (χ3v) is 3.50. The van der Waals surface area contributed by atoms with Crippen LogP contribution >= 0.6 is 11.6 Å². The Bertz CT molecular complexity index is 599. The molecule has 0 radical (unpaired) electrons. The molecule has 0 N–H and O–H groups in total. The Balaban J connectivity index is 2.22. The van der Waals surface area contributed by atoms with E-state index in [1.54, 1.807) is 12.1 Å². The van der Waals surface area contributed by atoms with Gasteiger partial charge >= 0.3 is 0 Å². The maximum Gasteiger partial charge on any atom is 0.131 e. The summed E-state index contributed by atoms with van der Waals surface area (Å²) in [6.07, 6.45) is 1.81. The first-order chi connectivity index (χ1) is 10.0. The number of benzene rings is 1. The van der Waals surface area contributed by atoms with Gasteiger partial charge in [0.25, 0.3) is 0 Å². The van der Waals surface area contributed by atoms with Crippen molar-refractivity contribution in [1.82, 2.24) is 9.97 Å². The van der Waals surface area contributed by atoms with Gasteiger partial charge in [0, 0.05) is 19.5 Å². The van der Waals surface area contributed by atoms with Gasteiger partial charge in [-0.25, -0.2) is 14.4 Å². The maximum absolute atomic E-state index is 12.9. The van der Waals surface area contributed by atoms with Crippen molar-refractivity contribution in [2.45, 2.75) is 32.2 Å². The summed E-state index contributed by atoms with van der Waals surface area (Å²) in [5.41, 5.74) is 2.74. The Hall–Kier alpha value is -1.68. The molecule has 0 saturated carbocycles. The first-order valence-corrected chi connectivity index (χ1v) is 7.42. The molecule has 2 aromatic rings. The minimum atomic E-state index is -0.229. The Kier molecular flexibility index (Phi) is 5.12. The summed E-state index contributed by atoms with van der Waals surface area (Å²) in [4.78, 5) is 10.9. The van der Waals surface area contributed by atoms with Gasteiger partial charge in [-0.15, -0.1) is 11.6 Å². The minimum Gasteiger partial charge on any atom is -0.368 e. The fourth-order valence-corrected chi connectivity index (χ4v) is 2.27. The number of alkyl halides is 1. The van der Waals surface area contributed by atoms with Crippen molar-refractivity contribution in [3.8, 4) is 0 Å². The molecule has 0 spiro atoms. The van der Waals surface area contributed by atoms with Crippen LogP contribution in [0.4, 0.5) is 10.1 Å². The zero-order valence-corrected chi connectivity index (χ0v) is 13.2. The molecule has 0 aliphatic rings. The molecule has 5 heteroatoms. The lowest BCUT2D eigenvalue weighted by molar-refractivity contribution is 0.627. The lowest BCUT2D eigenvalue weighted by Crippen LogP contribution is -2.19. The highest BCUT2D eigenvalue weighted by Gasteiger charge is 2.12. The molecule has 0 aliphatic carbocycles. The van der Waals surface area contributed by atoms with E-state index < -0.39 is 0 Å². The van der Waals surface area contributed by atoms with Crippen LogP contribution in [0.2, 0.25) is 0 Å². The summed E-state index contributed by atoms with van der Waals surface area (Å²) in [5.74, 6) is 1.17. The van der Waals surface area contributed by atoms with Gasteiger partial charge in [-0.3, -0.25) is 0 Å². The molecule has 0 fully saturated rings. The van der Waals surface area contributed by atoms with Crippen LogP contribution in [-0.4, -0.2) is 17.0 Å². The van der Waals surface area contributed by atoms with Crippen LogP contribution in [0.25, 0.3) is 0 Å². The fourth-order valence-electron chi connectivity index (χ4n) is 2.07. The fraction of sp³-hybridized carbons (Fsp3) is 0.375. The first kappa shape index (κ1) is 15.7. The van der Waals surface area contributed by atoms with E-state index >= 15 is 0 Å². The van der Waals surface area contributed by atoms with Crippen LogP contribution in [0.5, 0.6) is 0 Å². The molecule has 0 bridgehead atoms. The number of hydrogen-bond acceptors (Lipinski definition) is 3. The predicted octanol–water partition coefficient (Wildman–Crippen LogP) is 4.11. The summed E-state index contributed by atoms with van der Waals surface area (Å²) in [5, 5.41) is 0. The summed E-state index contributed by atoms with van der Waals surface area (Å²) in [6, 6.07) is 6.47. The van der Waals surface area contributed by atoms with E-state index in [0.29, 0.717) is 12.4 Å². The molecule has 1 aromatic heterocycles. The number of rotatable bonds is 5. The molecule has 21 heavy (non-hydrogen) atoms. The third kappa shape index (κ3) is 3.91. The van der Waals surface area contributed by atoms with Crippen molar-refractivity contribution in [1.29, 1.82) is 0 Å². The quantitative estimate of drug-likeness (QED) is 0.778. The van der Waals surface area contributed by atoms with E-state index in [1.807, 2.05) is 18.1 Å². The molecule has 0 atom stereocenters. The second-order valence-electron chi connectivity index (χ2n) is 5.33. The van der Waals surface area contributed by atoms with Gasteiger partial charge in [-0.05, 0) is 17.7 Å². The van der Waals surface area contributed by atoms with E-state index in [9.17, 15) is 4.39 Å².